The topological polar surface area (TPSA) is 54.9 Å². The van der Waals surface area contributed by atoms with Crippen molar-refractivity contribution >= 4 is 5.91 Å². The Morgan fingerprint density at radius 1 is 1.00 bits per heavy atom. The summed E-state index contributed by atoms with van der Waals surface area (Å²) in [6.45, 7) is 0. The summed E-state index contributed by atoms with van der Waals surface area (Å²) in [6, 6.07) is 10.9. The first-order valence-corrected chi connectivity index (χ1v) is 8.45. The van der Waals surface area contributed by atoms with Crippen LogP contribution in [-0.4, -0.2) is 21.9 Å². The highest BCUT2D eigenvalue weighted by Gasteiger charge is 2.51. The van der Waals surface area contributed by atoms with Gasteiger partial charge in [-0.1, -0.05) is 43.2 Å². The van der Waals surface area contributed by atoms with Crippen LogP contribution in [0.25, 0.3) is 0 Å². The lowest BCUT2D eigenvalue weighted by molar-refractivity contribution is 0.0252. The Balaban J connectivity index is 1.56. The van der Waals surface area contributed by atoms with Gasteiger partial charge in [0.15, 0.2) is 0 Å². The quantitative estimate of drug-likeness (QED) is 0.947. The van der Waals surface area contributed by atoms with Crippen molar-refractivity contribution in [1.82, 2.24) is 15.3 Å². The molecule has 0 bridgehead atoms. The minimum absolute atomic E-state index is 0.0550. The normalized spacial score (nSPS) is 29.2. The molecule has 2 aliphatic rings. The fraction of sp³-hybridized carbons (Fsp3) is 0.421. The fourth-order valence-corrected chi connectivity index (χ4v) is 4.44. The molecular weight excluding hydrogens is 286 g/mol. The summed E-state index contributed by atoms with van der Waals surface area (Å²) in [4.78, 5) is 20.4. The van der Waals surface area contributed by atoms with Crippen LogP contribution in [0, 0.1) is 11.8 Å². The van der Waals surface area contributed by atoms with Crippen LogP contribution in [0.15, 0.2) is 49.1 Å². The molecule has 2 saturated carbocycles. The van der Waals surface area contributed by atoms with Gasteiger partial charge in [-0.25, -0.2) is 9.97 Å². The maximum absolute atomic E-state index is 12.5. The fourth-order valence-electron chi connectivity index (χ4n) is 4.44. The van der Waals surface area contributed by atoms with Crippen molar-refractivity contribution in [3.05, 3.63) is 60.2 Å². The van der Waals surface area contributed by atoms with E-state index >= 15 is 0 Å². The van der Waals surface area contributed by atoms with Gasteiger partial charge in [-0.05, 0) is 30.2 Å². The summed E-state index contributed by atoms with van der Waals surface area (Å²) < 4.78 is 0. The molecule has 23 heavy (non-hydrogen) atoms. The molecule has 4 atom stereocenters. The molecule has 0 radical (unpaired) electrons. The number of carbonyl (C=O) groups is 1. The lowest BCUT2D eigenvalue weighted by Crippen LogP contribution is -2.59. The average molecular weight is 307 g/mol. The smallest absolute Gasteiger partial charge is 0.254 e. The van der Waals surface area contributed by atoms with Crippen LogP contribution >= 0.6 is 0 Å². The first-order chi connectivity index (χ1) is 11.3. The largest absolute Gasteiger partial charge is 0.348 e. The zero-order valence-corrected chi connectivity index (χ0v) is 13.1. The van der Waals surface area contributed by atoms with Crippen LogP contribution in [-0.2, 0) is 0 Å². The highest BCUT2D eigenvalue weighted by atomic mass is 16.1. The molecule has 2 fully saturated rings. The van der Waals surface area contributed by atoms with E-state index < -0.39 is 0 Å². The van der Waals surface area contributed by atoms with Gasteiger partial charge in [-0.15, -0.1) is 0 Å². The second kappa shape index (κ2) is 6.11. The Morgan fingerprint density at radius 3 is 2.43 bits per heavy atom. The maximum atomic E-state index is 12.5. The molecule has 1 N–H and O–H groups in total. The Morgan fingerprint density at radius 2 is 1.70 bits per heavy atom. The zero-order chi connectivity index (χ0) is 15.6. The van der Waals surface area contributed by atoms with Gasteiger partial charge in [0.1, 0.15) is 6.33 Å². The molecule has 4 heteroatoms. The number of benzene rings is 1. The standard InChI is InChI=1S/C19H21N3O/c23-19(14-10-20-12-21-11-14)22-18-16-9-5-4-8-15(16)17(18)13-6-2-1-3-7-13/h1-3,6-7,10-12,15-18H,4-5,8-9H2,(H,22,23)/t15?,16?,17-,18-/m0/s1. The number of rotatable bonds is 3. The minimum Gasteiger partial charge on any atom is -0.348 e. The van der Waals surface area contributed by atoms with E-state index in [1.165, 1.54) is 37.6 Å². The van der Waals surface area contributed by atoms with Crippen molar-refractivity contribution in [1.29, 1.82) is 0 Å². The van der Waals surface area contributed by atoms with E-state index in [2.05, 4.69) is 45.6 Å². The number of hydrogen-bond acceptors (Lipinski definition) is 3. The molecule has 2 aromatic rings. The van der Waals surface area contributed by atoms with Gasteiger partial charge in [-0.3, -0.25) is 4.79 Å². The molecule has 1 amide bonds. The summed E-state index contributed by atoms with van der Waals surface area (Å²) in [5.74, 6) is 1.71. The van der Waals surface area contributed by atoms with E-state index in [1.807, 2.05) is 0 Å². The maximum Gasteiger partial charge on any atom is 0.254 e. The Hall–Kier alpha value is -2.23. The summed E-state index contributed by atoms with van der Waals surface area (Å²) in [5, 5.41) is 3.26. The van der Waals surface area contributed by atoms with E-state index in [0.717, 1.165) is 0 Å². The molecular formula is C19H21N3O. The predicted octanol–water partition coefficient (Wildman–Crippen LogP) is 3.18. The third-order valence-electron chi connectivity index (χ3n) is 5.49. The van der Waals surface area contributed by atoms with E-state index in [0.29, 0.717) is 23.3 Å². The third kappa shape index (κ3) is 2.62. The molecule has 0 spiro atoms. The molecule has 1 heterocycles. The Kier molecular flexibility index (Phi) is 3.82. The highest BCUT2D eigenvalue weighted by molar-refractivity contribution is 5.93. The van der Waals surface area contributed by atoms with Crippen LogP contribution in [0.3, 0.4) is 0 Å². The van der Waals surface area contributed by atoms with Gasteiger partial charge in [0, 0.05) is 24.4 Å². The number of fused-ring (bicyclic) bond motifs is 1. The lowest BCUT2D eigenvalue weighted by Gasteiger charge is -2.55. The molecule has 2 aliphatic carbocycles. The van der Waals surface area contributed by atoms with Crippen molar-refractivity contribution in [2.75, 3.05) is 0 Å². The minimum atomic E-state index is -0.0550. The van der Waals surface area contributed by atoms with Crippen LogP contribution in [0.1, 0.15) is 47.5 Å². The molecule has 4 rings (SSSR count). The van der Waals surface area contributed by atoms with Crippen LogP contribution in [0.4, 0.5) is 0 Å². The second-order valence-corrected chi connectivity index (χ2v) is 6.68. The molecule has 0 saturated heterocycles. The van der Waals surface area contributed by atoms with Gasteiger partial charge >= 0.3 is 0 Å². The van der Waals surface area contributed by atoms with Gasteiger partial charge in [0.25, 0.3) is 5.91 Å². The molecule has 0 aliphatic heterocycles. The Labute approximate surface area is 136 Å². The van der Waals surface area contributed by atoms with Crippen LogP contribution in [0.2, 0.25) is 0 Å². The molecule has 4 nitrogen and oxygen atoms in total. The zero-order valence-electron chi connectivity index (χ0n) is 13.1. The van der Waals surface area contributed by atoms with E-state index in [9.17, 15) is 4.79 Å². The third-order valence-corrected chi connectivity index (χ3v) is 5.49. The van der Waals surface area contributed by atoms with Crippen molar-refractivity contribution in [3.8, 4) is 0 Å². The first kappa shape index (κ1) is 14.4. The first-order valence-electron chi connectivity index (χ1n) is 8.45. The lowest BCUT2D eigenvalue weighted by atomic mass is 9.53. The molecule has 1 aromatic carbocycles. The van der Waals surface area contributed by atoms with Gasteiger partial charge in [0.2, 0.25) is 0 Å². The summed E-state index contributed by atoms with van der Waals surface area (Å²) in [6.07, 6.45) is 9.72. The van der Waals surface area contributed by atoms with Crippen LogP contribution < -0.4 is 5.32 Å². The van der Waals surface area contributed by atoms with E-state index in [4.69, 9.17) is 0 Å². The number of carbonyl (C=O) groups excluding carboxylic acids is 1. The number of amides is 1. The molecule has 118 valence electrons. The van der Waals surface area contributed by atoms with E-state index in [-0.39, 0.29) is 11.9 Å². The van der Waals surface area contributed by atoms with Crippen LogP contribution in [0.5, 0.6) is 0 Å². The van der Waals surface area contributed by atoms with Crippen molar-refractivity contribution in [3.63, 3.8) is 0 Å². The molecule has 2 unspecified atom stereocenters. The highest BCUT2D eigenvalue weighted by Crippen LogP contribution is 2.54. The summed E-state index contributed by atoms with van der Waals surface area (Å²) >= 11 is 0. The number of nitrogens with zero attached hydrogens (tertiary/aromatic N) is 2. The van der Waals surface area contributed by atoms with Crippen molar-refractivity contribution in [2.24, 2.45) is 11.8 Å². The van der Waals surface area contributed by atoms with Gasteiger partial charge in [0.05, 0.1) is 5.56 Å². The van der Waals surface area contributed by atoms with E-state index in [1.54, 1.807) is 12.4 Å². The summed E-state index contributed by atoms with van der Waals surface area (Å²) in [7, 11) is 0. The number of nitrogens with one attached hydrogen (secondary N) is 1. The Bertz CT molecular complexity index is 674. The van der Waals surface area contributed by atoms with Crippen molar-refractivity contribution < 1.29 is 4.79 Å². The predicted molar refractivity (Wildman–Crippen MR) is 87.9 cm³/mol. The van der Waals surface area contributed by atoms with Gasteiger partial charge < -0.3 is 5.32 Å². The average Bonchev–Trinajstić information content (AvgIpc) is 2.61. The summed E-state index contributed by atoms with van der Waals surface area (Å²) in [5.41, 5.74) is 1.89. The second-order valence-electron chi connectivity index (χ2n) is 6.68. The number of aromatic nitrogens is 2. The van der Waals surface area contributed by atoms with Gasteiger partial charge in [-0.2, -0.15) is 0 Å². The number of hydrogen-bond donors (Lipinski definition) is 1. The SMILES string of the molecule is O=C(N[C@H]1C2CCCCC2[C@@H]1c1ccccc1)c1cncnc1. The molecule has 1 aromatic heterocycles. The monoisotopic (exact) mass is 307 g/mol. The van der Waals surface area contributed by atoms with Crippen molar-refractivity contribution in [2.45, 2.75) is 37.6 Å².